The van der Waals surface area contributed by atoms with Crippen molar-refractivity contribution in [1.29, 1.82) is 0 Å². The summed E-state index contributed by atoms with van der Waals surface area (Å²) in [5.41, 5.74) is 6.50. The van der Waals surface area contributed by atoms with E-state index in [0.717, 1.165) is 9.80 Å². The number of carbonyl (C=O) groups excluding carboxylic acids is 5. The fourth-order valence-corrected chi connectivity index (χ4v) is 4.22. The molecule has 0 bridgehead atoms. The molecule has 10 heteroatoms. The molecule has 0 fully saturated rings. The fourth-order valence-electron chi connectivity index (χ4n) is 4.22. The Kier molecular flexibility index (Phi) is 4.53. The topological polar surface area (TPSA) is 140 Å². The number of amides is 4. The predicted molar refractivity (Wildman–Crippen MR) is 115 cm³/mol. The third kappa shape index (κ3) is 2.77. The lowest BCUT2D eigenvalue weighted by Gasteiger charge is -2.31. The van der Waals surface area contributed by atoms with Crippen LogP contribution in [-0.2, 0) is 4.74 Å². The number of nitrogens with zero attached hydrogens (tertiary/aromatic N) is 3. The van der Waals surface area contributed by atoms with Crippen molar-refractivity contribution >= 4 is 46.2 Å². The molecule has 2 aliphatic heterocycles. The van der Waals surface area contributed by atoms with Gasteiger partial charge in [-0.3, -0.25) is 24.1 Å². The van der Waals surface area contributed by atoms with Gasteiger partial charge in [-0.25, -0.2) is 14.7 Å². The number of rotatable bonds is 4. The molecule has 2 aliphatic rings. The van der Waals surface area contributed by atoms with Crippen molar-refractivity contribution in [1.82, 2.24) is 9.88 Å². The first-order chi connectivity index (χ1) is 15.9. The highest BCUT2D eigenvalue weighted by molar-refractivity contribution is 6.39. The Morgan fingerprint density at radius 1 is 0.848 bits per heavy atom. The molecular formula is C23H16N4O6. The average Bonchev–Trinajstić information content (AvgIpc) is 2.83. The minimum Gasteiger partial charge on any atom is -0.465 e. The van der Waals surface area contributed by atoms with E-state index in [4.69, 9.17) is 5.73 Å². The first-order valence-corrected chi connectivity index (χ1v) is 9.98. The summed E-state index contributed by atoms with van der Waals surface area (Å²) < 4.78 is 4.64. The number of aromatic nitrogens is 1. The van der Waals surface area contributed by atoms with Gasteiger partial charge in [-0.2, -0.15) is 0 Å². The molecule has 4 amide bonds. The molecule has 0 unspecified atom stereocenters. The molecule has 0 saturated carbocycles. The highest BCUT2D eigenvalue weighted by Crippen LogP contribution is 2.38. The first-order valence-electron chi connectivity index (χ1n) is 9.98. The van der Waals surface area contributed by atoms with E-state index in [0.29, 0.717) is 0 Å². The number of carbonyl (C=O) groups is 5. The van der Waals surface area contributed by atoms with Crippen LogP contribution in [0.2, 0.25) is 0 Å². The zero-order chi connectivity index (χ0) is 23.4. The Balaban J connectivity index is 1.66. The van der Waals surface area contributed by atoms with Crippen LogP contribution in [0.25, 0.3) is 10.8 Å². The number of ether oxygens (including phenoxy) is 1. The van der Waals surface area contributed by atoms with Crippen LogP contribution >= 0.6 is 0 Å². The van der Waals surface area contributed by atoms with Gasteiger partial charge in [-0.05, 0) is 36.4 Å². The minimum absolute atomic E-state index is 0.0259. The van der Waals surface area contributed by atoms with Gasteiger partial charge in [0, 0.05) is 52.3 Å². The number of benzene rings is 2. The Morgan fingerprint density at radius 3 is 1.79 bits per heavy atom. The Morgan fingerprint density at radius 2 is 1.36 bits per heavy atom. The zero-order valence-electron chi connectivity index (χ0n) is 17.3. The van der Waals surface area contributed by atoms with E-state index >= 15 is 0 Å². The highest BCUT2D eigenvalue weighted by atomic mass is 16.5. The molecule has 3 heterocycles. The van der Waals surface area contributed by atoms with Gasteiger partial charge in [0.2, 0.25) is 0 Å². The van der Waals surface area contributed by atoms with Gasteiger partial charge in [-0.1, -0.05) is 0 Å². The highest BCUT2D eigenvalue weighted by Gasteiger charge is 2.40. The number of pyridine rings is 1. The summed E-state index contributed by atoms with van der Waals surface area (Å²) in [5, 5.41) is 0.542. The molecule has 0 spiro atoms. The molecule has 0 atom stereocenters. The van der Waals surface area contributed by atoms with Crippen molar-refractivity contribution < 1.29 is 28.7 Å². The molecule has 0 radical (unpaired) electrons. The van der Waals surface area contributed by atoms with E-state index in [1.54, 1.807) is 0 Å². The van der Waals surface area contributed by atoms with Gasteiger partial charge in [0.05, 0.1) is 12.7 Å². The smallest absolute Gasteiger partial charge is 0.339 e. The van der Waals surface area contributed by atoms with E-state index in [-0.39, 0.29) is 57.5 Å². The third-order valence-electron chi connectivity index (χ3n) is 5.73. The van der Waals surface area contributed by atoms with Crippen molar-refractivity contribution in [3.63, 3.8) is 0 Å². The van der Waals surface area contributed by atoms with E-state index in [9.17, 15) is 24.0 Å². The largest absolute Gasteiger partial charge is 0.465 e. The summed E-state index contributed by atoms with van der Waals surface area (Å²) in [6, 6.07) is 8.64. The molecule has 0 aliphatic carbocycles. The van der Waals surface area contributed by atoms with Crippen LogP contribution in [0, 0.1) is 0 Å². The zero-order valence-corrected chi connectivity index (χ0v) is 17.3. The van der Waals surface area contributed by atoms with E-state index in [1.165, 1.54) is 49.7 Å². The summed E-state index contributed by atoms with van der Waals surface area (Å²) in [5.74, 6) is -2.93. The lowest BCUT2D eigenvalue weighted by molar-refractivity contribution is 0.0594. The molecule has 164 valence electrons. The Labute approximate surface area is 186 Å². The van der Waals surface area contributed by atoms with E-state index < -0.39 is 29.6 Å². The maximum atomic E-state index is 13.3. The van der Waals surface area contributed by atoms with Crippen LogP contribution in [-0.4, -0.2) is 59.7 Å². The van der Waals surface area contributed by atoms with Gasteiger partial charge in [0.15, 0.2) is 0 Å². The fraction of sp³-hybridized carbons (Fsp3) is 0.130. The number of hydrogen-bond acceptors (Lipinski definition) is 8. The second-order valence-electron chi connectivity index (χ2n) is 7.46. The van der Waals surface area contributed by atoms with Crippen molar-refractivity contribution in [2.75, 3.05) is 25.1 Å². The lowest BCUT2D eigenvalue weighted by Crippen LogP contribution is -2.44. The Bertz CT molecular complexity index is 1340. The van der Waals surface area contributed by atoms with Crippen LogP contribution in [0.3, 0.4) is 0 Å². The molecule has 1 aromatic heterocycles. The molecule has 0 saturated heterocycles. The second kappa shape index (κ2) is 7.31. The molecular weight excluding hydrogens is 428 g/mol. The van der Waals surface area contributed by atoms with Crippen LogP contribution in [0.15, 0.2) is 42.6 Å². The van der Waals surface area contributed by atoms with Crippen LogP contribution < -0.4 is 10.6 Å². The van der Waals surface area contributed by atoms with Crippen LogP contribution in [0.4, 0.5) is 5.82 Å². The molecule has 33 heavy (non-hydrogen) atoms. The van der Waals surface area contributed by atoms with Gasteiger partial charge in [0.25, 0.3) is 23.6 Å². The van der Waals surface area contributed by atoms with Gasteiger partial charge >= 0.3 is 5.97 Å². The van der Waals surface area contributed by atoms with Gasteiger partial charge in [0.1, 0.15) is 5.82 Å². The molecule has 10 nitrogen and oxygen atoms in total. The molecule has 5 rings (SSSR count). The van der Waals surface area contributed by atoms with Gasteiger partial charge < -0.3 is 10.5 Å². The van der Waals surface area contributed by atoms with Crippen molar-refractivity contribution in [3.8, 4) is 0 Å². The SMILES string of the molecule is COC(=O)c1ccc(N2C(=O)c3ccc4c5c(ccc(c35)C2=O)C(=O)N(CCN)C4=O)nc1. The maximum absolute atomic E-state index is 13.3. The van der Waals surface area contributed by atoms with Crippen molar-refractivity contribution in [2.24, 2.45) is 5.73 Å². The molecule has 2 aromatic carbocycles. The van der Waals surface area contributed by atoms with Crippen molar-refractivity contribution in [3.05, 3.63) is 70.4 Å². The number of nitrogens with two attached hydrogens (primary N) is 1. The number of imide groups is 2. The monoisotopic (exact) mass is 444 g/mol. The van der Waals surface area contributed by atoms with Crippen molar-refractivity contribution in [2.45, 2.75) is 0 Å². The van der Waals surface area contributed by atoms with Crippen LogP contribution in [0.5, 0.6) is 0 Å². The molecule has 3 aromatic rings. The molecule has 2 N–H and O–H groups in total. The average molecular weight is 444 g/mol. The predicted octanol–water partition coefficient (Wildman–Crippen LogP) is 1.38. The number of anilines is 1. The minimum atomic E-state index is -0.654. The second-order valence-corrected chi connectivity index (χ2v) is 7.46. The van der Waals surface area contributed by atoms with Crippen LogP contribution in [0.1, 0.15) is 51.8 Å². The quantitative estimate of drug-likeness (QED) is 0.470. The number of hydrogen-bond donors (Lipinski definition) is 1. The third-order valence-corrected chi connectivity index (χ3v) is 5.73. The number of methoxy groups -OCH3 is 1. The summed E-state index contributed by atoms with van der Waals surface area (Å²) in [6.07, 6.45) is 1.21. The summed E-state index contributed by atoms with van der Waals surface area (Å²) in [4.78, 5) is 70.2. The Hall–Kier alpha value is -4.44. The summed E-state index contributed by atoms with van der Waals surface area (Å²) in [7, 11) is 1.23. The maximum Gasteiger partial charge on any atom is 0.339 e. The first kappa shape index (κ1) is 20.5. The summed E-state index contributed by atoms with van der Waals surface area (Å²) >= 11 is 0. The van der Waals surface area contributed by atoms with Gasteiger partial charge in [-0.15, -0.1) is 0 Å². The van der Waals surface area contributed by atoms with E-state index in [1.807, 2.05) is 0 Å². The normalized spacial score (nSPS) is 14.8. The lowest BCUT2D eigenvalue weighted by atomic mass is 9.86. The van der Waals surface area contributed by atoms with E-state index in [2.05, 4.69) is 9.72 Å². The standard InChI is InChI=1S/C23H16N4O6/c1-33-23(32)11-2-7-16(25-10-11)27-21(30)14-5-3-12-17-13(4-6-15(18(14)17)22(27)31)20(29)26(9-8-24)19(12)28/h2-7,10H,8-9,24H2,1H3. The number of esters is 1. The summed E-state index contributed by atoms with van der Waals surface area (Å²) in [6.45, 7) is 0.167.